The van der Waals surface area contributed by atoms with E-state index in [4.69, 9.17) is 29.8 Å². The molecule has 0 aliphatic rings. The van der Waals surface area contributed by atoms with Gasteiger partial charge in [0.05, 0.1) is 0 Å². The minimum atomic E-state index is -4.64. The standard InChI is InChI=1S/C4H5N3O.CH4N2O.H3O4P/c5-3-1-2-6-4(8)7-3;2-1(3)4;1-5(2,3)4/h1-2H,(H3,5,6,7,8);(H4,2,3,4);(H3,1,2,3,4). The summed E-state index contributed by atoms with van der Waals surface area (Å²) in [6, 6.07) is 0.682. The summed E-state index contributed by atoms with van der Waals surface area (Å²) in [6.07, 6.45) is 1.45. The molecule has 0 atom stereocenters. The highest BCUT2D eigenvalue weighted by Gasteiger charge is 2.00. The molecule has 0 saturated carbocycles. The zero-order chi connectivity index (χ0) is 14.1. The summed E-state index contributed by atoms with van der Waals surface area (Å²) in [5.74, 6) is 0.244. The van der Waals surface area contributed by atoms with Crippen molar-refractivity contribution in [2.45, 2.75) is 0 Å². The van der Waals surface area contributed by atoms with E-state index in [-0.39, 0.29) is 5.82 Å². The molecule has 1 rings (SSSR count). The van der Waals surface area contributed by atoms with Gasteiger partial charge in [-0.3, -0.25) is 0 Å². The van der Waals surface area contributed by atoms with Gasteiger partial charge in [-0.2, -0.15) is 4.98 Å². The molecule has 0 bridgehead atoms. The maximum Gasteiger partial charge on any atom is 0.466 e. The van der Waals surface area contributed by atoms with E-state index in [1.54, 1.807) is 0 Å². The molecule has 10 N–H and O–H groups in total. The SMILES string of the molecule is NC(N)=O.Nc1cc[nH]c(=O)n1.O=P(O)(O)O. The number of phosphoric acid groups is 1. The van der Waals surface area contributed by atoms with Gasteiger partial charge in [-0.05, 0) is 6.07 Å². The van der Waals surface area contributed by atoms with Gasteiger partial charge in [0.1, 0.15) is 5.82 Å². The van der Waals surface area contributed by atoms with Gasteiger partial charge >= 0.3 is 19.5 Å². The Balaban J connectivity index is 0. The number of primary amides is 2. The first-order chi connectivity index (χ1) is 7.52. The Hall–Kier alpha value is -1.94. The van der Waals surface area contributed by atoms with Crippen LogP contribution >= 0.6 is 7.82 Å². The molecule has 1 aromatic rings. The van der Waals surface area contributed by atoms with Gasteiger partial charge < -0.3 is 36.9 Å². The molecule has 98 valence electrons. The minimum absolute atomic E-state index is 0.244. The van der Waals surface area contributed by atoms with E-state index in [1.165, 1.54) is 12.3 Å². The smallest absolute Gasteiger partial charge is 0.383 e. The molecule has 2 amide bonds. The number of anilines is 1. The Bertz CT molecular complexity index is 428. The second kappa shape index (κ2) is 8.24. The van der Waals surface area contributed by atoms with Crippen LogP contribution in [0.3, 0.4) is 0 Å². The number of nitrogens with one attached hydrogen (secondary N) is 1. The molecule has 0 aliphatic heterocycles. The first-order valence-electron chi connectivity index (χ1n) is 3.66. The Labute approximate surface area is 94.5 Å². The van der Waals surface area contributed by atoms with E-state index >= 15 is 0 Å². The quantitative estimate of drug-likeness (QED) is 0.248. The molecule has 1 heterocycles. The molecule has 0 aromatic carbocycles. The average molecular weight is 269 g/mol. The van der Waals surface area contributed by atoms with Crippen LogP contribution in [0.2, 0.25) is 0 Å². The summed E-state index contributed by atoms with van der Waals surface area (Å²) in [5.41, 5.74) is 13.2. The van der Waals surface area contributed by atoms with Crippen LogP contribution in [0.5, 0.6) is 0 Å². The van der Waals surface area contributed by atoms with Gasteiger partial charge in [0.2, 0.25) is 0 Å². The fraction of sp³-hybridized carbons (Fsp3) is 0. The van der Waals surface area contributed by atoms with Crippen LogP contribution in [0.1, 0.15) is 0 Å². The number of nitrogens with two attached hydrogens (primary N) is 3. The van der Waals surface area contributed by atoms with E-state index in [2.05, 4.69) is 21.4 Å². The molecule has 17 heavy (non-hydrogen) atoms. The molecule has 0 aliphatic carbocycles. The highest BCUT2D eigenvalue weighted by atomic mass is 31.2. The number of H-pyrrole nitrogens is 1. The number of carbonyl (C=O) groups is 1. The monoisotopic (exact) mass is 269 g/mol. The first kappa shape index (κ1) is 17.5. The molecule has 0 fully saturated rings. The van der Waals surface area contributed by atoms with Gasteiger partial charge in [0.25, 0.3) is 0 Å². The maximum atomic E-state index is 10.2. The number of hydrogen-bond donors (Lipinski definition) is 7. The lowest BCUT2D eigenvalue weighted by Crippen LogP contribution is -2.18. The summed E-state index contributed by atoms with van der Waals surface area (Å²) >= 11 is 0. The van der Waals surface area contributed by atoms with Crippen molar-refractivity contribution in [1.82, 2.24) is 9.97 Å². The molecule has 0 radical (unpaired) electrons. The second-order valence-corrected chi connectivity index (χ2v) is 3.26. The van der Waals surface area contributed by atoms with Crippen molar-refractivity contribution in [2.24, 2.45) is 11.5 Å². The molecule has 12 heteroatoms. The predicted octanol–water partition coefficient (Wildman–Crippen LogP) is -2.55. The van der Waals surface area contributed by atoms with Crippen LogP contribution in [0.15, 0.2) is 17.1 Å². The normalized spacial score (nSPS) is 9.12. The summed E-state index contributed by atoms with van der Waals surface area (Å²) in [5, 5.41) is 0. The van der Waals surface area contributed by atoms with Crippen molar-refractivity contribution in [3.8, 4) is 0 Å². The zero-order valence-corrected chi connectivity index (χ0v) is 9.24. The van der Waals surface area contributed by atoms with Crippen molar-refractivity contribution in [1.29, 1.82) is 0 Å². The van der Waals surface area contributed by atoms with E-state index < -0.39 is 19.5 Å². The zero-order valence-electron chi connectivity index (χ0n) is 8.35. The lowest BCUT2D eigenvalue weighted by atomic mass is 10.6. The molecule has 0 saturated heterocycles. The Morgan fingerprint density at radius 2 is 1.71 bits per heavy atom. The number of nitrogen functional groups attached to an aromatic ring is 1. The average Bonchev–Trinajstić information content (AvgIpc) is 1.97. The number of hydrogen-bond acceptors (Lipinski definition) is 5. The van der Waals surface area contributed by atoms with Gasteiger partial charge in [0, 0.05) is 6.20 Å². The van der Waals surface area contributed by atoms with Crippen LogP contribution in [0.4, 0.5) is 10.6 Å². The number of aromatic amines is 1. The van der Waals surface area contributed by atoms with Crippen LogP contribution in [0, 0.1) is 0 Å². The fourth-order valence-corrected chi connectivity index (χ4v) is 0.385. The summed E-state index contributed by atoms with van der Waals surface area (Å²) < 4.78 is 8.88. The largest absolute Gasteiger partial charge is 0.466 e. The van der Waals surface area contributed by atoms with Crippen molar-refractivity contribution >= 4 is 19.7 Å². The van der Waals surface area contributed by atoms with Crippen LogP contribution in [0.25, 0.3) is 0 Å². The third kappa shape index (κ3) is 31.5. The van der Waals surface area contributed by atoms with Gasteiger partial charge in [-0.1, -0.05) is 0 Å². The summed E-state index contributed by atoms with van der Waals surface area (Å²) in [4.78, 5) is 46.5. The third-order valence-electron chi connectivity index (χ3n) is 0.692. The van der Waals surface area contributed by atoms with Gasteiger partial charge in [-0.15, -0.1) is 0 Å². The Morgan fingerprint density at radius 3 is 1.88 bits per heavy atom. The third-order valence-corrected chi connectivity index (χ3v) is 0.692. The van der Waals surface area contributed by atoms with Crippen molar-refractivity contribution < 1.29 is 24.0 Å². The highest BCUT2D eigenvalue weighted by Crippen LogP contribution is 2.25. The molecule has 0 spiro atoms. The lowest BCUT2D eigenvalue weighted by Gasteiger charge is -1.83. The molecule has 0 unspecified atom stereocenters. The van der Waals surface area contributed by atoms with Crippen LogP contribution < -0.4 is 22.9 Å². The Kier molecular flexibility index (Phi) is 8.46. The topological polar surface area (TPSA) is 219 Å². The Morgan fingerprint density at radius 1 is 1.35 bits per heavy atom. The van der Waals surface area contributed by atoms with E-state index in [1.807, 2.05) is 0 Å². The predicted molar refractivity (Wildman–Crippen MR) is 57.3 cm³/mol. The number of urea groups is 1. The summed E-state index contributed by atoms with van der Waals surface area (Å²) in [6.45, 7) is 0. The second-order valence-electron chi connectivity index (χ2n) is 2.24. The number of rotatable bonds is 0. The fourth-order valence-electron chi connectivity index (χ4n) is 0.385. The molecular weight excluding hydrogens is 257 g/mol. The van der Waals surface area contributed by atoms with Gasteiger partial charge in [-0.25, -0.2) is 14.2 Å². The summed E-state index contributed by atoms with van der Waals surface area (Å²) in [7, 11) is -4.64. The number of nitrogens with zero attached hydrogens (tertiary/aromatic N) is 1. The van der Waals surface area contributed by atoms with Crippen LogP contribution in [-0.4, -0.2) is 30.7 Å². The first-order valence-corrected chi connectivity index (χ1v) is 5.23. The lowest BCUT2D eigenvalue weighted by molar-refractivity contribution is 0.256. The number of carbonyl (C=O) groups excluding carboxylic acids is 1. The van der Waals surface area contributed by atoms with Crippen LogP contribution in [-0.2, 0) is 4.57 Å². The van der Waals surface area contributed by atoms with Gasteiger partial charge in [0.15, 0.2) is 0 Å². The maximum absolute atomic E-state index is 10.2. The number of amides is 2. The minimum Gasteiger partial charge on any atom is -0.383 e. The molecule has 11 nitrogen and oxygen atoms in total. The number of aromatic nitrogens is 2. The van der Waals surface area contributed by atoms with E-state index in [0.29, 0.717) is 0 Å². The van der Waals surface area contributed by atoms with E-state index in [9.17, 15) is 4.79 Å². The molecule has 1 aromatic heterocycles. The van der Waals surface area contributed by atoms with Crippen molar-refractivity contribution in [3.05, 3.63) is 22.7 Å². The highest BCUT2D eigenvalue weighted by molar-refractivity contribution is 7.45. The van der Waals surface area contributed by atoms with E-state index in [0.717, 1.165) is 0 Å². The van der Waals surface area contributed by atoms with Crippen molar-refractivity contribution in [2.75, 3.05) is 5.73 Å². The molecular formula is C5H12N5O6P. The van der Waals surface area contributed by atoms with Crippen molar-refractivity contribution in [3.63, 3.8) is 0 Å².